The number of nitrogens with one attached hydrogen (secondary N) is 1. The molecule has 0 amide bonds. The average Bonchev–Trinajstić information content (AvgIpc) is 2.64. The lowest BCUT2D eigenvalue weighted by Gasteiger charge is -2.30. The van der Waals surface area contributed by atoms with Crippen molar-refractivity contribution in [2.45, 2.75) is 6.54 Å². The fraction of sp³-hybridized carbons (Fsp3) is 0.538. The Morgan fingerprint density at radius 2 is 1.84 bits per heavy atom. The summed E-state index contributed by atoms with van der Waals surface area (Å²) in [5.41, 5.74) is 2.47. The van der Waals surface area contributed by atoms with Crippen LogP contribution in [0.5, 0.6) is 5.75 Å². The predicted molar refractivity (Wildman–Crippen MR) is 81.2 cm³/mol. The normalized spacial score (nSPS) is 18.2. The van der Waals surface area contributed by atoms with Gasteiger partial charge in [0.25, 0.3) is 0 Å². The summed E-state index contributed by atoms with van der Waals surface area (Å²) in [6.07, 6.45) is 0. The van der Waals surface area contributed by atoms with E-state index in [4.69, 9.17) is 9.47 Å². The Hall–Kier alpha value is -0.680. The molecule has 1 aromatic carbocycles. The second kappa shape index (κ2) is 7.80. The first kappa shape index (κ1) is 16.4. The molecule has 1 N–H and O–H groups in total. The van der Waals surface area contributed by atoms with E-state index in [0.717, 1.165) is 51.7 Å². The first-order chi connectivity index (χ1) is 8.45. The van der Waals surface area contributed by atoms with Gasteiger partial charge in [-0.2, -0.15) is 0 Å². The zero-order chi connectivity index (χ0) is 11.5. The smallest absolute Gasteiger partial charge is 0.147 e. The van der Waals surface area contributed by atoms with Gasteiger partial charge in [-0.05, 0) is 6.07 Å². The van der Waals surface area contributed by atoms with E-state index in [-0.39, 0.29) is 24.8 Å². The van der Waals surface area contributed by atoms with Crippen molar-refractivity contribution in [3.05, 3.63) is 23.8 Å². The van der Waals surface area contributed by atoms with Crippen molar-refractivity contribution in [2.24, 2.45) is 0 Å². The number of halogens is 2. The Bertz CT molecular complexity index is 398. The van der Waals surface area contributed by atoms with Gasteiger partial charge in [0.2, 0.25) is 0 Å². The maximum Gasteiger partial charge on any atom is 0.147 e. The number of anilines is 1. The quantitative estimate of drug-likeness (QED) is 0.858. The minimum absolute atomic E-state index is 0. The SMILES string of the molecule is Cl.Cl.c1cc2c(c(N3CCOCC3)c1)OCCNC2. The zero-order valence-corrected chi connectivity index (χ0v) is 12.4. The third kappa shape index (κ3) is 3.66. The van der Waals surface area contributed by atoms with Gasteiger partial charge < -0.3 is 19.7 Å². The summed E-state index contributed by atoms with van der Waals surface area (Å²) in [5, 5.41) is 3.37. The Balaban J connectivity index is 0.000000902. The summed E-state index contributed by atoms with van der Waals surface area (Å²) in [7, 11) is 0. The van der Waals surface area contributed by atoms with Crippen LogP contribution >= 0.6 is 24.8 Å². The standard InChI is InChI=1S/C13H18N2O2.2ClH/c1-2-11-10-14-4-7-17-13(11)12(3-1)15-5-8-16-9-6-15;;/h1-3,14H,4-10H2;2*1H. The molecular formula is C13H20Cl2N2O2. The predicted octanol–water partition coefficient (Wildman–Crippen LogP) is 1.85. The van der Waals surface area contributed by atoms with E-state index in [1.165, 1.54) is 11.3 Å². The van der Waals surface area contributed by atoms with Crippen molar-refractivity contribution in [2.75, 3.05) is 44.4 Å². The number of rotatable bonds is 1. The number of benzene rings is 1. The highest BCUT2D eigenvalue weighted by Crippen LogP contribution is 2.33. The highest BCUT2D eigenvalue weighted by atomic mass is 35.5. The molecule has 2 aliphatic rings. The van der Waals surface area contributed by atoms with Crippen LogP contribution in [0, 0.1) is 0 Å². The van der Waals surface area contributed by atoms with Crippen LogP contribution < -0.4 is 15.0 Å². The molecule has 0 aliphatic carbocycles. The van der Waals surface area contributed by atoms with Gasteiger partial charge in [0, 0.05) is 31.7 Å². The average molecular weight is 307 g/mol. The summed E-state index contributed by atoms with van der Waals surface area (Å²) in [6, 6.07) is 6.40. The molecule has 0 aromatic heterocycles. The lowest BCUT2D eigenvalue weighted by molar-refractivity contribution is 0.122. The Morgan fingerprint density at radius 1 is 1.05 bits per heavy atom. The maximum absolute atomic E-state index is 5.89. The van der Waals surface area contributed by atoms with Crippen LogP contribution in [0.2, 0.25) is 0 Å². The van der Waals surface area contributed by atoms with Gasteiger partial charge >= 0.3 is 0 Å². The van der Waals surface area contributed by atoms with Crippen LogP contribution in [0.3, 0.4) is 0 Å². The fourth-order valence-electron chi connectivity index (χ4n) is 2.38. The number of para-hydroxylation sites is 1. The lowest BCUT2D eigenvalue weighted by atomic mass is 10.1. The minimum Gasteiger partial charge on any atom is -0.490 e. The van der Waals surface area contributed by atoms with E-state index in [2.05, 4.69) is 28.4 Å². The first-order valence-electron chi connectivity index (χ1n) is 6.23. The molecule has 4 nitrogen and oxygen atoms in total. The Kier molecular flexibility index (Phi) is 6.72. The molecule has 1 saturated heterocycles. The lowest BCUT2D eigenvalue weighted by Crippen LogP contribution is -2.36. The minimum atomic E-state index is 0. The van der Waals surface area contributed by atoms with Crippen molar-refractivity contribution >= 4 is 30.5 Å². The number of nitrogens with zero attached hydrogens (tertiary/aromatic N) is 1. The summed E-state index contributed by atoms with van der Waals surface area (Å²) >= 11 is 0. The summed E-state index contributed by atoms with van der Waals surface area (Å²) < 4.78 is 11.3. The van der Waals surface area contributed by atoms with E-state index in [9.17, 15) is 0 Å². The van der Waals surface area contributed by atoms with Gasteiger partial charge in [0.05, 0.1) is 18.9 Å². The molecule has 0 unspecified atom stereocenters. The molecule has 0 bridgehead atoms. The van der Waals surface area contributed by atoms with Crippen LogP contribution in [0.4, 0.5) is 5.69 Å². The monoisotopic (exact) mass is 306 g/mol. The highest BCUT2D eigenvalue weighted by molar-refractivity contribution is 5.85. The topological polar surface area (TPSA) is 33.7 Å². The highest BCUT2D eigenvalue weighted by Gasteiger charge is 2.19. The molecule has 0 atom stereocenters. The van der Waals surface area contributed by atoms with Crippen LogP contribution in [0.25, 0.3) is 0 Å². The van der Waals surface area contributed by atoms with E-state index < -0.39 is 0 Å². The molecule has 6 heteroatoms. The van der Waals surface area contributed by atoms with E-state index >= 15 is 0 Å². The number of morpholine rings is 1. The molecule has 108 valence electrons. The molecule has 0 radical (unpaired) electrons. The van der Waals surface area contributed by atoms with Gasteiger partial charge in [-0.3, -0.25) is 0 Å². The summed E-state index contributed by atoms with van der Waals surface area (Å²) in [5.74, 6) is 1.06. The molecule has 2 heterocycles. The third-order valence-corrected chi connectivity index (χ3v) is 3.27. The van der Waals surface area contributed by atoms with Gasteiger partial charge in [0.1, 0.15) is 12.4 Å². The van der Waals surface area contributed by atoms with Crippen LogP contribution in [0.15, 0.2) is 18.2 Å². The van der Waals surface area contributed by atoms with Crippen LogP contribution in [0.1, 0.15) is 5.56 Å². The van der Waals surface area contributed by atoms with Gasteiger partial charge in [-0.1, -0.05) is 12.1 Å². The van der Waals surface area contributed by atoms with Gasteiger partial charge in [0.15, 0.2) is 0 Å². The third-order valence-electron chi connectivity index (χ3n) is 3.27. The van der Waals surface area contributed by atoms with Crippen LogP contribution in [-0.2, 0) is 11.3 Å². The Morgan fingerprint density at radius 3 is 2.63 bits per heavy atom. The largest absolute Gasteiger partial charge is 0.490 e. The van der Waals surface area contributed by atoms with Crippen molar-refractivity contribution in [3.63, 3.8) is 0 Å². The van der Waals surface area contributed by atoms with Crippen molar-refractivity contribution in [1.82, 2.24) is 5.32 Å². The number of hydrogen-bond acceptors (Lipinski definition) is 4. The van der Waals surface area contributed by atoms with E-state index in [1.807, 2.05) is 0 Å². The second-order valence-corrected chi connectivity index (χ2v) is 4.39. The molecular weight excluding hydrogens is 287 g/mol. The van der Waals surface area contributed by atoms with E-state index in [0.29, 0.717) is 0 Å². The zero-order valence-electron chi connectivity index (χ0n) is 10.8. The maximum atomic E-state index is 5.89. The fourth-order valence-corrected chi connectivity index (χ4v) is 2.38. The van der Waals surface area contributed by atoms with Crippen molar-refractivity contribution in [1.29, 1.82) is 0 Å². The number of ether oxygens (including phenoxy) is 2. The summed E-state index contributed by atoms with van der Waals surface area (Å²) in [6.45, 7) is 6.07. The van der Waals surface area contributed by atoms with Gasteiger partial charge in [-0.25, -0.2) is 0 Å². The Labute approximate surface area is 126 Å². The van der Waals surface area contributed by atoms with Crippen molar-refractivity contribution in [3.8, 4) is 5.75 Å². The molecule has 0 spiro atoms. The molecule has 0 saturated carbocycles. The summed E-state index contributed by atoms with van der Waals surface area (Å²) in [4.78, 5) is 2.35. The number of hydrogen-bond donors (Lipinski definition) is 1. The number of fused-ring (bicyclic) bond motifs is 1. The van der Waals surface area contributed by atoms with Crippen molar-refractivity contribution < 1.29 is 9.47 Å². The molecule has 2 aliphatic heterocycles. The molecule has 1 fully saturated rings. The van der Waals surface area contributed by atoms with E-state index in [1.54, 1.807) is 0 Å². The molecule has 3 rings (SSSR count). The van der Waals surface area contributed by atoms with Crippen LogP contribution in [-0.4, -0.2) is 39.5 Å². The molecule has 19 heavy (non-hydrogen) atoms. The van der Waals surface area contributed by atoms with Gasteiger partial charge in [-0.15, -0.1) is 24.8 Å². The second-order valence-electron chi connectivity index (χ2n) is 4.39. The molecule has 1 aromatic rings. The first-order valence-corrected chi connectivity index (χ1v) is 6.23.